The largest absolute Gasteiger partial charge is 0.366 e. The van der Waals surface area contributed by atoms with Crippen molar-refractivity contribution in [2.45, 2.75) is 50.2 Å². The van der Waals surface area contributed by atoms with Crippen molar-refractivity contribution in [2.24, 2.45) is 10.1 Å². The van der Waals surface area contributed by atoms with Crippen molar-refractivity contribution in [3.8, 4) is 0 Å². The van der Waals surface area contributed by atoms with Crippen LogP contribution in [-0.2, 0) is 15.7 Å². The van der Waals surface area contributed by atoms with E-state index in [0.717, 1.165) is 30.9 Å². The molecule has 1 aliphatic heterocycles. The van der Waals surface area contributed by atoms with E-state index in [9.17, 15) is 13.5 Å². The minimum atomic E-state index is -3.98. The number of aliphatic hydroxyl groups is 1. The number of aliphatic imine (C=N–C) groups is 1. The minimum Gasteiger partial charge on any atom is -0.366 e. The smallest absolute Gasteiger partial charge is 0.239 e. The van der Waals surface area contributed by atoms with Crippen molar-refractivity contribution in [2.75, 3.05) is 18.8 Å². The summed E-state index contributed by atoms with van der Waals surface area (Å²) in [5.41, 5.74) is -0.884. The monoisotopic (exact) mass is 455 g/mol. The molecular weight excluding hydrogens is 429 g/mol. The first kappa shape index (κ1) is 24.5. The lowest BCUT2D eigenvalue weighted by atomic mass is 10.0. The summed E-state index contributed by atoms with van der Waals surface area (Å²) in [6, 6.07) is 4.47. The summed E-state index contributed by atoms with van der Waals surface area (Å²) in [6.07, 6.45) is 3.91. The van der Waals surface area contributed by atoms with E-state index in [1.807, 2.05) is 4.90 Å². The average molecular weight is 456 g/mol. The van der Waals surface area contributed by atoms with Crippen LogP contribution in [0.25, 0.3) is 0 Å². The van der Waals surface area contributed by atoms with Gasteiger partial charge in [0.2, 0.25) is 10.0 Å². The van der Waals surface area contributed by atoms with E-state index in [4.69, 9.17) is 16.7 Å². The third-order valence-corrected chi connectivity index (χ3v) is 6.82. The topological polar surface area (TPSA) is 96.0 Å². The van der Waals surface area contributed by atoms with E-state index < -0.39 is 15.7 Å². The number of hydrogen-bond donors (Lipinski definition) is 2. The molecule has 1 saturated heterocycles. The van der Waals surface area contributed by atoms with Crippen molar-refractivity contribution in [1.29, 1.82) is 0 Å². The molecule has 1 aromatic rings. The van der Waals surface area contributed by atoms with Crippen molar-refractivity contribution < 1.29 is 13.5 Å². The zero-order valence-corrected chi connectivity index (χ0v) is 18.7. The molecule has 1 aromatic carbocycles. The maximum Gasteiger partial charge on any atom is 0.239 e. The number of rotatable bonds is 8. The van der Waals surface area contributed by atoms with Crippen LogP contribution in [0, 0.1) is 0 Å². The molecule has 3 N–H and O–H groups in total. The summed E-state index contributed by atoms with van der Waals surface area (Å²) in [5.74, 6) is 0.368. The summed E-state index contributed by atoms with van der Waals surface area (Å²) in [5, 5.41) is 17.5. The second-order valence-corrected chi connectivity index (χ2v) is 9.20. The van der Waals surface area contributed by atoms with Gasteiger partial charge in [0.25, 0.3) is 0 Å². The average Bonchev–Trinajstić information content (AvgIpc) is 2.89. The number of sulfonamides is 1. The Hall–Kier alpha value is -0.510. The van der Waals surface area contributed by atoms with Gasteiger partial charge < -0.3 is 10.0 Å². The lowest BCUT2D eigenvalue weighted by molar-refractivity contribution is -0.0484. The van der Waals surface area contributed by atoms with E-state index in [-0.39, 0.29) is 22.3 Å². The fourth-order valence-electron chi connectivity index (χ4n) is 2.75. The Morgan fingerprint density at radius 3 is 2.59 bits per heavy atom. The van der Waals surface area contributed by atoms with Gasteiger partial charge in [-0.15, -0.1) is 12.4 Å². The van der Waals surface area contributed by atoms with E-state index in [1.54, 1.807) is 6.07 Å². The van der Waals surface area contributed by atoms with E-state index in [0.29, 0.717) is 24.4 Å². The fourth-order valence-corrected chi connectivity index (χ4v) is 5.05. The first-order valence-electron chi connectivity index (χ1n) is 8.74. The predicted octanol–water partition coefficient (Wildman–Crippen LogP) is 3.56. The van der Waals surface area contributed by atoms with Crippen LogP contribution in [0.5, 0.6) is 0 Å². The summed E-state index contributed by atoms with van der Waals surface area (Å²) >= 11 is 7.47. The molecule has 10 heteroatoms. The number of amidine groups is 1. The van der Waals surface area contributed by atoms with Crippen molar-refractivity contribution in [3.05, 3.63) is 28.8 Å². The number of unbranched alkanes of at least 4 members (excludes halogenated alkanes) is 2. The first-order valence-corrected chi connectivity index (χ1v) is 11.6. The Balaban J connectivity index is 0.00000364. The third kappa shape index (κ3) is 5.74. The van der Waals surface area contributed by atoms with Crippen molar-refractivity contribution in [3.63, 3.8) is 0 Å². The molecule has 27 heavy (non-hydrogen) atoms. The Bertz CT molecular complexity index is 775. The first-order chi connectivity index (χ1) is 12.2. The number of primary sulfonamides is 1. The van der Waals surface area contributed by atoms with E-state index >= 15 is 0 Å². The summed E-state index contributed by atoms with van der Waals surface area (Å²) in [7, 11) is -3.98. The number of nitrogens with zero attached hydrogens (tertiary/aromatic N) is 2. The van der Waals surface area contributed by atoms with Crippen LogP contribution in [0.3, 0.4) is 0 Å². The van der Waals surface area contributed by atoms with Gasteiger partial charge in [0.1, 0.15) is 4.90 Å². The van der Waals surface area contributed by atoms with Gasteiger partial charge in [0.15, 0.2) is 10.9 Å². The van der Waals surface area contributed by atoms with Gasteiger partial charge in [-0.3, -0.25) is 4.99 Å². The molecule has 1 atom stereocenters. The molecule has 0 amide bonds. The second kappa shape index (κ2) is 10.3. The van der Waals surface area contributed by atoms with Gasteiger partial charge in [0, 0.05) is 18.7 Å². The van der Waals surface area contributed by atoms with Crippen LogP contribution in [0.2, 0.25) is 5.02 Å². The number of halogens is 2. The van der Waals surface area contributed by atoms with Crippen LogP contribution in [0.1, 0.15) is 45.1 Å². The molecule has 0 radical (unpaired) electrons. The molecule has 0 bridgehead atoms. The predicted molar refractivity (Wildman–Crippen MR) is 115 cm³/mol. The van der Waals surface area contributed by atoms with Crippen LogP contribution in [0.15, 0.2) is 28.1 Å². The molecular formula is C17H27Cl2N3O3S2. The molecule has 0 saturated carbocycles. The molecule has 1 heterocycles. The van der Waals surface area contributed by atoms with E-state index in [1.165, 1.54) is 23.9 Å². The molecule has 1 unspecified atom stereocenters. The van der Waals surface area contributed by atoms with Crippen LogP contribution >= 0.6 is 35.8 Å². The van der Waals surface area contributed by atoms with Crippen molar-refractivity contribution in [1.82, 2.24) is 4.90 Å². The molecule has 6 nitrogen and oxygen atoms in total. The zero-order chi connectivity index (χ0) is 19.4. The number of benzene rings is 1. The lowest BCUT2D eigenvalue weighted by Gasteiger charge is -2.35. The Morgan fingerprint density at radius 1 is 1.33 bits per heavy atom. The number of nitrogens with two attached hydrogens (primary N) is 1. The number of hydrogen-bond acceptors (Lipinski definition) is 5. The zero-order valence-electron chi connectivity index (χ0n) is 15.5. The summed E-state index contributed by atoms with van der Waals surface area (Å²) in [6.45, 7) is 5.53. The molecule has 1 fully saturated rings. The Labute approximate surface area is 177 Å². The van der Waals surface area contributed by atoms with Gasteiger partial charge in [-0.05, 0) is 25.0 Å². The van der Waals surface area contributed by atoms with Gasteiger partial charge in [-0.2, -0.15) is 0 Å². The van der Waals surface area contributed by atoms with Gasteiger partial charge >= 0.3 is 0 Å². The fraction of sp³-hybridized carbons (Fsp3) is 0.588. The maximum atomic E-state index is 11.8. The highest BCUT2D eigenvalue weighted by atomic mass is 35.5. The third-order valence-electron chi connectivity index (χ3n) is 4.27. The highest BCUT2D eigenvalue weighted by Gasteiger charge is 2.44. The number of thioether (sulfide) groups is 1. The highest BCUT2D eigenvalue weighted by Crippen LogP contribution is 2.40. The second-order valence-electron chi connectivity index (χ2n) is 6.32. The van der Waals surface area contributed by atoms with Crippen molar-refractivity contribution >= 4 is 51.0 Å². The normalized spacial score (nSPS) is 21.5. The highest BCUT2D eigenvalue weighted by molar-refractivity contribution is 8.14. The van der Waals surface area contributed by atoms with Gasteiger partial charge in [0.05, 0.1) is 10.8 Å². The van der Waals surface area contributed by atoms with E-state index in [2.05, 4.69) is 18.8 Å². The lowest BCUT2D eigenvalue weighted by Crippen LogP contribution is -2.45. The molecule has 154 valence electrons. The van der Waals surface area contributed by atoms with Crippen LogP contribution in [0.4, 0.5) is 0 Å². The molecule has 1 aliphatic rings. The molecule has 0 aromatic heterocycles. The Morgan fingerprint density at radius 2 is 2.00 bits per heavy atom. The van der Waals surface area contributed by atoms with Crippen LogP contribution in [-0.4, -0.2) is 42.4 Å². The standard InChI is InChI=1S/C17H26ClN3O3S2.ClH/c1-3-5-9-20-16-21(10-6-4-2)17(22,12-25-16)13-7-8-14(18)15(11-13)26(19,23)24;/h7-8,11,22H,3-6,9-10,12H2,1-2H3,(H2,19,23,24);1H. The quantitative estimate of drug-likeness (QED) is 0.584. The molecule has 0 spiro atoms. The summed E-state index contributed by atoms with van der Waals surface area (Å²) < 4.78 is 23.6. The Kier molecular flexibility index (Phi) is 9.37. The molecule has 0 aliphatic carbocycles. The SMILES string of the molecule is CCCCN=C1SCC(O)(c2ccc(Cl)c(S(N)(=O)=O)c2)N1CCCC.Cl. The van der Waals surface area contributed by atoms with Gasteiger partial charge in [-0.1, -0.05) is 56.1 Å². The maximum absolute atomic E-state index is 11.8. The minimum absolute atomic E-state index is 0. The van der Waals surface area contributed by atoms with Crippen LogP contribution < -0.4 is 5.14 Å². The van der Waals surface area contributed by atoms with Gasteiger partial charge in [-0.25, -0.2) is 13.6 Å². The summed E-state index contributed by atoms with van der Waals surface area (Å²) in [4.78, 5) is 6.32. The molecule has 2 rings (SSSR count).